The summed E-state index contributed by atoms with van der Waals surface area (Å²) in [6, 6.07) is 4.26. The minimum absolute atomic E-state index is 0.238. The molecular formula is C16H17NO5S2. The normalized spacial score (nSPS) is 17.3. The fraction of sp³-hybridized carbons (Fsp3) is 0.312. The van der Waals surface area contributed by atoms with E-state index in [1.165, 1.54) is 7.11 Å². The standard InChI is InChI=1S/C16H17NO5S2/c1-4-11(15(19)20)17-14(18)13(24-16(17)23)8-9-7-10(21-2)5-6-12(9)22-3/h5-8,11H,4H2,1-3H3,(H,19,20)/b13-8-. The third-order valence-electron chi connectivity index (χ3n) is 3.53. The molecule has 1 atom stereocenters. The fourth-order valence-electron chi connectivity index (χ4n) is 2.31. The Morgan fingerprint density at radius 2 is 2.12 bits per heavy atom. The second kappa shape index (κ2) is 7.67. The van der Waals surface area contributed by atoms with Crippen molar-refractivity contribution in [2.24, 2.45) is 0 Å². The van der Waals surface area contributed by atoms with Gasteiger partial charge in [-0.3, -0.25) is 9.69 Å². The van der Waals surface area contributed by atoms with Crippen LogP contribution in [0, 0.1) is 0 Å². The highest BCUT2D eigenvalue weighted by Gasteiger charge is 2.39. The summed E-state index contributed by atoms with van der Waals surface area (Å²) in [5, 5.41) is 9.28. The van der Waals surface area contributed by atoms with Crippen molar-refractivity contribution in [1.82, 2.24) is 4.90 Å². The number of carboxylic acids is 1. The summed E-state index contributed by atoms with van der Waals surface area (Å²) in [4.78, 5) is 25.4. The Labute approximate surface area is 149 Å². The van der Waals surface area contributed by atoms with E-state index in [9.17, 15) is 14.7 Å². The lowest BCUT2D eigenvalue weighted by atomic mass is 10.1. The third kappa shape index (κ3) is 3.54. The Morgan fingerprint density at radius 1 is 1.42 bits per heavy atom. The van der Waals surface area contributed by atoms with Crippen LogP contribution in [0.3, 0.4) is 0 Å². The van der Waals surface area contributed by atoms with Gasteiger partial charge in [0.25, 0.3) is 5.91 Å². The molecule has 1 fully saturated rings. The highest BCUT2D eigenvalue weighted by molar-refractivity contribution is 8.26. The molecule has 0 bridgehead atoms. The molecule has 0 radical (unpaired) electrons. The molecule has 1 saturated heterocycles. The molecule has 8 heteroatoms. The molecule has 0 saturated carbocycles. The van der Waals surface area contributed by atoms with Crippen molar-refractivity contribution in [3.63, 3.8) is 0 Å². The number of benzene rings is 1. The van der Waals surface area contributed by atoms with Crippen LogP contribution >= 0.6 is 24.0 Å². The van der Waals surface area contributed by atoms with Gasteiger partial charge in [0.1, 0.15) is 21.9 Å². The number of rotatable bonds is 6. The Hall–Kier alpha value is -2.06. The van der Waals surface area contributed by atoms with Crippen molar-refractivity contribution in [2.45, 2.75) is 19.4 Å². The molecular weight excluding hydrogens is 350 g/mol. The first-order valence-corrected chi connectivity index (χ1v) is 8.37. The molecule has 6 nitrogen and oxygen atoms in total. The van der Waals surface area contributed by atoms with E-state index in [1.807, 2.05) is 0 Å². The van der Waals surface area contributed by atoms with E-state index < -0.39 is 17.9 Å². The van der Waals surface area contributed by atoms with E-state index in [1.54, 1.807) is 38.3 Å². The van der Waals surface area contributed by atoms with Crippen molar-refractivity contribution < 1.29 is 24.2 Å². The molecule has 0 aliphatic carbocycles. The number of carbonyl (C=O) groups excluding carboxylic acids is 1. The molecule has 1 aliphatic rings. The molecule has 1 heterocycles. The fourth-order valence-corrected chi connectivity index (χ4v) is 3.66. The van der Waals surface area contributed by atoms with Crippen molar-refractivity contribution >= 4 is 46.3 Å². The third-order valence-corrected chi connectivity index (χ3v) is 4.86. The molecule has 0 spiro atoms. The molecule has 0 aromatic heterocycles. The highest BCUT2D eigenvalue weighted by Crippen LogP contribution is 2.36. The Balaban J connectivity index is 2.40. The second-order valence-corrected chi connectivity index (χ2v) is 6.60. The molecule has 1 amide bonds. The molecule has 1 aliphatic heterocycles. The van der Waals surface area contributed by atoms with E-state index in [0.29, 0.717) is 22.0 Å². The Kier molecular flexibility index (Phi) is 5.84. The summed E-state index contributed by atoms with van der Waals surface area (Å²) < 4.78 is 10.7. The molecule has 1 unspecified atom stereocenters. The highest BCUT2D eigenvalue weighted by atomic mass is 32.2. The van der Waals surface area contributed by atoms with Crippen LogP contribution in [0.5, 0.6) is 11.5 Å². The van der Waals surface area contributed by atoms with Crippen LogP contribution in [-0.2, 0) is 9.59 Å². The number of thiocarbonyl (C=S) groups is 1. The van der Waals surface area contributed by atoms with Crippen molar-refractivity contribution in [2.75, 3.05) is 14.2 Å². The number of hydrogen-bond acceptors (Lipinski definition) is 6. The lowest BCUT2D eigenvalue weighted by Crippen LogP contribution is -2.43. The van der Waals surface area contributed by atoms with Gasteiger partial charge in [-0.2, -0.15) is 0 Å². The van der Waals surface area contributed by atoms with Gasteiger partial charge in [-0.1, -0.05) is 30.9 Å². The quantitative estimate of drug-likeness (QED) is 0.612. The van der Waals surface area contributed by atoms with E-state index >= 15 is 0 Å². The lowest BCUT2D eigenvalue weighted by Gasteiger charge is -2.21. The zero-order chi connectivity index (χ0) is 17.9. The summed E-state index contributed by atoms with van der Waals surface area (Å²) >= 11 is 6.27. The van der Waals surface area contributed by atoms with Gasteiger partial charge in [-0.05, 0) is 30.7 Å². The number of carbonyl (C=O) groups is 2. The van der Waals surface area contributed by atoms with Gasteiger partial charge in [0.2, 0.25) is 0 Å². The number of nitrogens with zero attached hydrogens (tertiary/aromatic N) is 1. The number of methoxy groups -OCH3 is 2. The predicted octanol–water partition coefficient (Wildman–Crippen LogP) is 2.77. The van der Waals surface area contributed by atoms with Crippen LogP contribution in [0.25, 0.3) is 6.08 Å². The number of ether oxygens (including phenoxy) is 2. The number of aliphatic carboxylic acids is 1. The summed E-state index contributed by atoms with van der Waals surface area (Å²) in [5.41, 5.74) is 0.653. The van der Waals surface area contributed by atoms with Crippen LogP contribution in [0.4, 0.5) is 0 Å². The van der Waals surface area contributed by atoms with E-state index in [4.69, 9.17) is 21.7 Å². The van der Waals surface area contributed by atoms with Gasteiger partial charge in [-0.25, -0.2) is 4.79 Å². The summed E-state index contributed by atoms with van der Waals surface area (Å²) in [5.74, 6) is -0.293. The monoisotopic (exact) mass is 367 g/mol. The van der Waals surface area contributed by atoms with Crippen LogP contribution in [0.15, 0.2) is 23.1 Å². The molecule has 2 rings (SSSR count). The summed E-state index contributed by atoms with van der Waals surface area (Å²) in [6.45, 7) is 1.70. The average molecular weight is 367 g/mol. The van der Waals surface area contributed by atoms with Gasteiger partial charge in [-0.15, -0.1) is 0 Å². The number of thioether (sulfide) groups is 1. The van der Waals surface area contributed by atoms with Crippen molar-refractivity contribution in [3.05, 3.63) is 28.7 Å². The zero-order valence-electron chi connectivity index (χ0n) is 13.4. The number of carboxylic acid groups (broad SMARTS) is 1. The molecule has 128 valence electrons. The Bertz CT molecular complexity index is 716. The van der Waals surface area contributed by atoms with E-state index in [2.05, 4.69) is 0 Å². The zero-order valence-corrected chi connectivity index (χ0v) is 15.1. The maximum atomic E-state index is 12.6. The number of hydrogen-bond donors (Lipinski definition) is 1. The first kappa shape index (κ1) is 18.3. The molecule has 24 heavy (non-hydrogen) atoms. The smallest absolute Gasteiger partial charge is 0.326 e. The van der Waals surface area contributed by atoms with Gasteiger partial charge in [0, 0.05) is 5.56 Å². The first-order chi connectivity index (χ1) is 11.4. The van der Waals surface area contributed by atoms with Gasteiger partial charge in [0.15, 0.2) is 0 Å². The van der Waals surface area contributed by atoms with Crippen LogP contribution in [0.2, 0.25) is 0 Å². The van der Waals surface area contributed by atoms with Crippen molar-refractivity contribution in [1.29, 1.82) is 0 Å². The molecule has 1 aromatic rings. The maximum Gasteiger partial charge on any atom is 0.326 e. The summed E-state index contributed by atoms with van der Waals surface area (Å²) in [6.07, 6.45) is 1.91. The summed E-state index contributed by atoms with van der Waals surface area (Å²) in [7, 11) is 3.08. The largest absolute Gasteiger partial charge is 0.497 e. The van der Waals surface area contributed by atoms with Gasteiger partial charge >= 0.3 is 5.97 Å². The van der Waals surface area contributed by atoms with E-state index in [-0.39, 0.29) is 10.7 Å². The van der Waals surface area contributed by atoms with Gasteiger partial charge in [0.05, 0.1) is 19.1 Å². The maximum absolute atomic E-state index is 12.6. The number of amides is 1. The first-order valence-electron chi connectivity index (χ1n) is 7.14. The van der Waals surface area contributed by atoms with E-state index in [0.717, 1.165) is 16.7 Å². The second-order valence-electron chi connectivity index (χ2n) is 4.92. The molecule has 1 N–H and O–H groups in total. The topological polar surface area (TPSA) is 76.1 Å². The SMILES string of the molecule is CCC(C(=O)O)N1C(=O)/C(=C/c2cc(OC)ccc2OC)SC1=S. The van der Waals surface area contributed by atoms with Crippen LogP contribution in [0.1, 0.15) is 18.9 Å². The van der Waals surface area contributed by atoms with Crippen molar-refractivity contribution in [3.8, 4) is 11.5 Å². The minimum atomic E-state index is -1.07. The predicted molar refractivity (Wildman–Crippen MR) is 96.3 cm³/mol. The minimum Gasteiger partial charge on any atom is -0.497 e. The van der Waals surface area contributed by atoms with Crippen LogP contribution in [-0.4, -0.2) is 46.5 Å². The average Bonchev–Trinajstić information content (AvgIpc) is 2.83. The Morgan fingerprint density at radius 3 is 2.67 bits per heavy atom. The lowest BCUT2D eigenvalue weighted by molar-refractivity contribution is -0.145. The molecule has 1 aromatic carbocycles. The van der Waals surface area contributed by atoms with Gasteiger partial charge < -0.3 is 14.6 Å². The van der Waals surface area contributed by atoms with Crippen LogP contribution < -0.4 is 9.47 Å².